The molecule has 0 fully saturated rings. The average Bonchev–Trinajstić information content (AvgIpc) is 1.85. The van der Waals surface area contributed by atoms with Crippen LogP contribution in [0, 0.1) is 0 Å². The fourth-order valence-corrected chi connectivity index (χ4v) is 0.759. The van der Waals surface area contributed by atoms with Crippen molar-refractivity contribution >= 4 is 0 Å². The number of alkyl halides is 1. The van der Waals surface area contributed by atoms with E-state index in [4.69, 9.17) is 0 Å². The molecule has 0 heterocycles. The normalized spacial score (nSPS) is 13.7. The zero-order chi connectivity index (χ0) is 7.11. The molecular weight excluding hydrogens is 117 g/mol. The van der Waals surface area contributed by atoms with Gasteiger partial charge in [0.2, 0.25) is 0 Å². The van der Waals surface area contributed by atoms with E-state index in [9.17, 15) is 4.39 Å². The topological polar surface area (TPSA) is 12.0 Å². The lowest BCUT2D eigenvalue weighted by Gasteiger charge is -2.04. The molecule has 0 radical (unpaired) electrons. The highest BCUT2D eigenvalue weighted by molar-refractivity contribution is 4.55. The van der Waals surface area contributed by atoms with Crippen molar-refractivity contribution in [3.8, 4) is 0 Å². The van der Waals surface area contributed by atoms with Crippen LogP contribution < -0.4 is 5.32 Å². The molecule has 0 amide bonds. The first-order valence-electron chi connectivity index (χ1n) is 3.60. The van der Waals surface area contributed by atoms with E-state index >= 15 is 0 Å². The van der Waals surface area contributed by atoms with Gasteiger partial charge in [-0.1, -0.05) is 13.3 Å². The van der Waals surface area contributed by atoms with E-state index in [0.717, 1.165) is 13.0 Å². The van der Waals surface area contributed by atoms with Crippen molar-refractivity contribution < 1.29 is 4.39 Å². The fraction of sp³-hybridized carbons (Fsp3) is 1.00. The molecule has 1 N–H and O–H groups in total. The molecule has 1 unspecified atom stereocenters. The van der Waals surface area contributed by atoms with Gasteiger partial charge < -0.3 is 5.32 Å². The van der Waals surface area contributed by atoms with Gasteiger partial charge in [-0.05, 0) is 26.4 Å². The lowest BCUT2D eigenvalue weighted by atomic mass is 10.2. The Bertz CT molecular complexity index is 56.9. The third-order valence-electron chi connectivity index (χ3n) is 1.31. The summed E-state index contributed by atoms with van der Waals surface area (Å²) in [5.74, 6) is 0. The molecule has 0 aliphatic heterocycles. The average molecular weight is 133 g/mol. The highest BCUT2D eigenvalue weighted by Gasteiger charge is 2.01. The van der Waals surface area contributed by atoms with Gasteiger partial charge in [0.1, 0.15) is 6.17 Å². The molecule has 0 rings (SSSR count). The lowest BCUT2D eigenvalue weighted by Crippen LogP contribution is -2.13. The first kappa shape index (κ1) is 8.89. The molecule has 0 aliphatic rings. The molecule has 0 aromatic carbocycles. The quantitative estimate of drug-likeness (QED) is 0.602. The molecular formula is C7H16FN. The second-order valence-electron chi connectivity index (χ2n) is 2.28. The van der Waals surface area contributed by atoms with Crippen LogP contribution in [0.4, 0.5) is 4.39 Å². The summed E-state index contributed by atoms with van der Waals surface area (Å²) in [5.41, 5.74) is 0. The predicted molar refractivity (Wildman–Crippen MR) is 38.3 cm³/mol. The van der Waals surface area contributed by atoms with Crippen molar-refractivity contribution in [3.63, 3.8) is 0 Å². The summed E-state index contributed by atoms with van der Waals surface area (Å²) in [6, 6.07) is 0. The standard InChI is InChI=1S/C7H16FN/c1-3-4-7(8)5-6-9-2/h7,9H,3-6H2,1-2H3. The Balaban J connectivity index is 2.95. The van der Waals surface area contributed by atoms with E-state index in [2.05, 4.69) is 5.32 Å². The van der Waals surface area contributed by atoms with Crippen molar-refractivity contribution in [2.45, 2.75) is 32.4 Å². The van der Waals surface area contributed by atoms with Crippen LogP contribution in [0.5, 0.6) is 0 Å². The second kappa shape index (κ2) is 6.02. The summed E-state index contributed by atoms with van der Waals surface area (Å²) in [6.45, 7) is 2.80. The minimum atomic E-state index is -0.595. The molecule has 0 bridgehead atoms. The number of hydrogen-bond donors (Lipinski definition) is 1. The monoisotopic (exact) mass is 133 g/mol. The first-order valence-corrected chi connectivity index (χ1v) is 3.60. The number of hydrogen-bond acceptors (Lipinski definition) is 1. The number of halogens is 1. The van der Waals surface area contributed by atoms with Crippen molar-refractivity contribution in [2.24, 2.45) is 0 Å². The van der Waals surface area contributed by atoms with E-state index < -0.39 is 6.17 Å². The Morgan fingerprint density at radius 3 is 2.56 bits per heavy atom. The molecule has 0 saturated carbocycles. The van der Waals surface area contributed by atoms with Crippen LogP contribution in [0.15, 0.2) is 0 Å². The van der Waals surface area contributed by atoms with Gasteiger partial charge in [-0.25, -0.2) is 4.39 Å². The minimum Gasteiger partial charge on any atom is -0.320 e. The SMILES string of the molecule is CCCC(F)CCNC. The molecule has 0 saturated heterocycles. The van der Waals surface area contributed by atoms with Crippen LogP contribution in [0.25, 0.3) is 0 Å². The zero-order valence-corrected chi connectivity index (χ0v) is 6.28. The number of rotatable bonds is 5. The van der Waals surface area contributed by atoms with Crippen LogP contribution in [0.3, 0.4) is 0 Å². The maximum absolute atomic E-state index is 12.6. The van der Waals surface area contributed by atoms with Gasteiger partial charge in [-0.15, -0.1) is 0 Å². The summed E-state index contributed by atoms with van der Waals surface area (Å²) in [5, 5.41) is 2.92. The van der Waals surface area contributed by atoms with Crippen molar-refractivity contribution in [1.29, 1.82) is 0 Å². The van der Waals surface area contributed by atoms with Crippen LogP contribution in [-0.4, -0.2) is 19.8 Å². The van der Waals surface area contributed by atoms with Crippen molar-refractivity contribution in [2.75, 3.05) is 13.6 Å². The van der Waals surface area contributed by atoms with Crippen LogP contribution in [0.2, 0.25) is 0 Å². The van der Waals surface area contributed by atoms with E-state index in [-0.39, 0.29) is 0 Å². The van der Waals surface area contributed by atoms with E-state index in [1.807, 2.05) is 14.0 Å². The van der Waals surface area contributed by atoms with Gasteiger partial charge in [0.25, 0.3) is 0 Å². The van der Waals surface area contributed by atoms with E-state index in [1.54, 1.807) is 0 Å². The van der Waals surface area contributed by atoms with Gasteiger partial charge >= 0.3 is 0 Å². The zero-order valence-electron chi connectivity index (χ0n) is 6.28. The summed E-state index contributed by atoms with van der Waals surface area (Å²) in [4.78, 5) is 0. The Labute approximate surface area is 56.6 Å². The highest BCUT2D eigenvalue weighted by Crippen LogP contribution is 2.04. The molecule has 9 heavy (non-hydrogen) atoms. The Kier molecular flexibility index (Phi) is 5.94. The highest BCUT2D eigenvalue weighted by atomic mass is 19.1. The summed E-state index contributed by atoms with van der Waals surface area (Å²) < 4.78 is 12.6. The smallest absolute Gasteiger partial charge is 0.101 e. The van der Waals surface area contributed by atoms with Crippen molar-refractivity contribution in [3.05, 3.63) is 0 Å². The third-order valence-corrected chi connectivity index (χ3v) is 1.31. The predicted octanol–water partition coefficient (Wildman–Crippen LogP) is 1.73. The van der Waals surface area contributed by atoms with Gasteiger partial charge in [0.05, 0.1) is 0 Å². The molecule has 0 aliphatic carbocycles. The Morgan fingerprint density at radius 2 is 2.11 bits per heavy atom. The minimum absolute atomic E-state index is 0.595. The summed E-state index contributed by atoms with van der Waals surface area (Å²) >= 11 is 0. The molecule has 0 aromatic heterocycles. The molecule has 0 spiro atoms. The molecule has 1 atom stereocenters. The number of nitrogens with one attached hydrogen (secondary N) is 1. The van der Waals surface area contributed by atoms with Crippen LogP contribution in [0.1, 0.15) is 26.2 Å². The summed E-state index contributed by atoms with van der Waals surface area (Å²) in [6.07, 6.45) is 1.72. The largest absolute Gasteiger partial charge is 0.320 e. The van der Waals surface area contributed by atoms with Gasteiger partial charge in [0.15, 0.2) is 0 Å². The second-order valence-corrected chi connectivity index (χ2v) is 2.28. The van der Waals surface area contributed by atoms with Crippen LogP contribution in [-0.2, 0) is 0 Å². The van der Waals surface area contributed by atoms with E-state index in [0.29, 0.717) is 12.8 Å². The molecule has 56 valence electrons. The Morgan fingerprint density at radius 1 is 1.44 bits per heavy atom. The van der Waals surface area contributed by atoms with Gasteiger partial charge in [0, 0.05) is 0 Å². The lowest BCUT2D eigenvalue weighted by molar-refractivity contribution is 0.293. The molecule has 0 aromatic rings. The fourth-order valence-electron chi connectivity index (χ4n) is 0.759. The van der Waals surface area contributed by atoms with Gasteiger partial charge in [-0.2, -0.15) is 0 Å². The van der Waals surface area contributed by atoms with Crippen LogP contribution >= 0.6 is 0 Å². The third kappa shape index (κ3) is 5.77. The first-order chi connectivity index (χ1) is 4.31. The maximum Gasteiger partial charge on any atom is 0.101 e. The molecule has 2 heteroatoms. The maximum atomic E-state index is 12.6. The Hall–Kier alpha value is -0.110. The molecule has 1 nitrogen and oxygen atoms in total. The van der Waals surface area contributed by atoms with Gasteiger partial charge in [-0.3, -0.25) is 0 Å². The van der Waals surface area contributed by atoms with E-state index in [1.165, 1.54) is 0 Å². The van der Waals surface area contributed by atoms with Crippen molar-refractivity contribution in [1.82, 2.24) is 5.32 Å². The summed E-state index contributed by atoms with van der Waals surface area (Å²) in [7, 11) is 1.85.